The molecule has 1 aliphatic rings. The molecule has 2 aromatic carbocycles. The molecule has 0 aliphatic heterocycles. The number of rotatable bonds is 5. The van der Waals surface area contributed by atoms with Gasteiger partial charge < -0.3 is 19.4 Å². The molecule has 0 atom stereocenters. The lowest BCUT2D eigenvalue weighted by Gasteiger charge is -2.21. The summed E-state index contributed by atoms with van der Waals surface area (Å²) in [7, 11) is 4.57. The second-order valence-electron chi connectivity index (χ2n) is 6.27. The van der Waals surface area contributed by atoms with E-state index < -0.39 is 4.92 Å². The summed E-state index contributed by atoms with van der Waals surface area (Å²) in [5.41, 5.74) is 3.14. The number of benzene rings is 2. The zero-order valence-corrected chi connectivity index (χ0v) is 17.6. The van der Waals surface area contributed by atoms with E-state index in [0.29, 0.717) is 45.8 Å². The molecule has 0 spiro atoms. The first kappa shape index (κ1) is 20.7. The maximum atomic E-state index is 11.1. The summed E-state index contributed by atoms with van der Waals surface area (Å²) in [6, 6.07) is 6.36. The average molecular weight is 463 g/mol. The van der Waals surface area contributed by atoms with Gasteiger partial charge in [0, 0.05) is 17.7 Å². The summed E-state index contributed by atoms with van der Waals surface area (Å²) in [6.07, 6.45) is 3.11. The topological polar surface area (TPSA) is 103 Å². The van der Waals surface area contributed by atoms with Gasteiger partial charge in [-0.15, -0.1) is 0 Å². The lowest BCUT2D eigenvalue weighted by molar-refractivity contribution is -0.384. The van der Waals surface area contributed by atoms with Gasteiger partial charge in [-0.1, -0.05) is 11.2 Å². The van der Waals surface area contributed by atoms with Crippen LogP contribution in [0.4, 0.5) is 5.69 Å². The van der Waals surface area contributed by atoms with E-state index in [1.807, 2.05) is 6.08 Å². The Hall–Kier alpha value is -3.07. The minimum atomic E-state index is -0.469. The van der Waals surface area contributed by atoms with Crippen molar-refractivity contribution in [3.8, 4) is 17.2 Å². The maximum Gasteiger partial charge on any atom is 0.270 e. The number of hydrogen-bond acceptors (Lipinski definition) is 7. The fourth-order valence-corrected chi connectivity index (χ4v) is 3.94. The van der Waals surface area contributed by atoms with E-state index in [1.165, 1.54) is 33.5 Å². The SMILES string of the molecule is COc1cc(/C=C2\CCc3ccc([N+](=O)[O-])cc3\C2=N\O)c(Br)c(OC)c1OC. The number of aryl methyl sites for hydroxylation is 1. The van der Waals surface area contributed by atoms with Gasteiger partial charge in [0.25, 0.3) is 5.69 Å². The smallest absolute Gasteiger partial charge is 0.270 e. The van der Waals surface area contributed by atoms with Gasteiger partial charge in [-0.05, 0) is 57.6 Å². The van der Waals surface area contributed by atoms with Crippen LogP contribution >= 0.6 is 15.9 Å². The second kappa shape index (κ2) is 8.52. The van der Waals surface area contributed by atoms with E-state index >= 15 is 0 Å². The summed E-state index contributed by atoms with van der Waals surface area (Å²) < 4.78 is 16.9. The fraction of sp³-hybridized carbons (Fsp3) is 0.250. The normalized spacial score (nSPS) is 15.9. The molecular weight excluding hydrogens is 444 g/mol. The van der Waals surface area contributed by atoms with Gasteiger partial charge in [0.05, 0.1) is 30.7 Å². The molecule has 0 unspecified atom stereocenters. The predicted octanol–water partition coefficient (Wildman–Crippen LogP) is 4.59. The molecule has 0 radical (unpaired) electrons. The standard InChI is InChI=1S/C20H19BrN2O6/c1-27-16-9-13(17(21)20(29-3)19(16)28-2)8-12-5-4-11-6-7-14(23(25)26)10-15(11)18(12)22-24/h6-10,24H,4-5H2,1-3H3/b12-8+,22-18+. The van der Waals surface area contributed by atoms with Gasteiger partial charge in [0.2, 0.25) is 5.75 Å². The largest absolute Gasteiger partial charge is 0.493 e. The Balaban J connectivity index is 2.14. The van der Waals surface area contributed by atoms with Crippen molar-refractivity contribution in [3.05, 3.63) is 61.1 Å². The zero-order chi connectivity index (χ0) is 21.1. The van der Waals surface area contributed by atoms with Crippen molar-refractivity contribution in [1.29, 1.82) is 0 Å². The molecule has 152 valence electrons. The molecule has 0 heterocycles. The second-order valence-corrected chi connectivity index (χ2v) is 7.06. The molecule has 9 heteroatoms. The molecule has 0 amide bonds. The number of oxime groups is 1. The third-order valence-electron chi connectivity index (χ3n) is 4.75. The number of non-ortho nitro benzene ring substituents is 1. The highest BCUT2D eigenvalue weighted by Crippen LogP contribution is 2.45. The summed E-state index contributed by atoms with van der Waals surface area (Å²) in [4.78, 5) is 10.7. The highest BCUT2D eigenvalue weighted by Gasteiger charge is 2.25. The van der Waals surface area contributed by atoms with Crippen LogP contribution < -0.4 is 14.2 Å². The number of allylic oxidation sites excluding steroid dienone is 1. The molecule has 1 N–H and O–H groups in total. The Morgan fingerprint density at radius 2 is 1.86 bits per heavy atom. The van der Waals surface area contributed by atoms with E-state index in [2.05, 4.69) is 21.1 Å². The number of nitro groups is 1. The molecule has 0 saturated carbocycles. The third-order valence-corrected chi connectivity index (χ3v) is 5.57. The number of ether oxygens (including phenoxy) is 3. The van der Waals surface area contributed by atoms with Crippen LogP contribution in [0.15, 0.2) is 39.5 Å². The Morgan fingerprint density at radius 1 is 1.14 bits per heavy atom. The quantitative estimate of drug-likeness (QED) is 0.395. The monoisotopic (exact) mass is 462 g/mol. The van der Waals surface area contributed by atoms with Crippen LogP contribution in [0.1, 0.15) is 23.1 Å². The van der Waals surface area contributed by atoms with Crippen molar-refractivity contribution in [2.24, 2.45) is 5.16 Å². The summed E-state index contributed by atoms with van der Waals surface area (Å²) >= 11 is 3.53. The fourth-order valence-electron chi connectivity index (χ4n) is 3.37. The first-order chi connectivity index (χ1) is 13.9. The van der Waals surface area contributed by atoms with Crippen LogP contribution in [0, 0.1) is 10.1 Å². The Morgan fingerprint density at radius 3 is 2.45 bits per heavy atom. The van der Waals surface area contributed by atoms with Crippen LogP contribution in [0.5, 0.6) is 17.2 Å². The third kappa shape index (κ3) is 3.77. The Bertz CT molecular complexity index is 1030. The number of nitrogens with zero attached hydrogens (tertiary/aromatic N) is 2. The van der Waals surface area contributed by atoms with E-state index in [-0.39, 0.29) is 5.69 Å². The highest BCUT2D eigenvalue weighted by atomic mass is 79.9. The zero-order valence-electron chi connectivity index (χ0n) is 16.1. The molecule has 3 rings (SSSR count). The highest BCUT2D eigenvalue weighted by molar-refractivity contribution is 9.10. The van der Waals surface area contributed by atoms with Gasteiger partial charge in [0.1, 0.15) is 5.71 Å². The van der Waals surface area contributed by atoms with E-state index in [1.54, 1.807) is 12.1 Å². The van der Waals surface area contributed by atoms with Crippen LogP contribution in [0.25, 0.3) is 6.08 Å². The molecule has 29 heavy (non-hydrogen) atoms. The Labute approximate surface area is 175 Å². The van der Waals surface area contributed by atoms with E-state index in [9.17, 15) is 15.3 Å². The number of fused-ring (bicyclic) bond motifs is 1. The molecular formula is C20H19BrN2O6. The van der Waals surface area contributed by atoms with Crippen LogP contribution in [0.3, 0.4) is 0 Å². The van der Waals surface area contributed by atoms with Crippen LogP contribution in [0.2, 0.25) is 0 Å². The maximum absolute atomic E-state index is 11.1. The lowest BCUT2D eigenvalue weighted by atomic mass is 9.85. The van der Waals surface area contributed by atoms with Gasteiger partial charge >= 0.3 is 0 Å². The van der Waals surface area contributed by atoms with Gasteiger partial charge in [-0.25, -0.2) is 0 Å². The first-order valence-electron chi connectivity index (χ1n) is 8.64. The summed E-state index contributed by atoms with van der Waals surface area (Å²) in [5.74, 6) is 1.39. The molecule has 1 aliphatic carbocycles. The number of methoxy groups -OCH3 is 3. The molecule has 8 nitrogen and oxygen atoms in total. The van der Waals surface area contributed by atoms with Gasteiger partial charge in [0.15, 0.2) is 11.5 Å². The molecule has 0 fully saturated rings. The van der Waals surface area contributed by atoms with Crippen LogP contribution in [-0.4, -0.2) is 37.2 Å². The summed E-state index contributed by atoms with van der Waals surface area (Å²) in [6.45, 7) is 0. The molecule has 0 bridgehead atoms. The summed E-state index contributed by atoms with van der Waals surface area (Å²) in [5, 5.41) is 24.2. The average Bonchev–Trinajstić information content (AvgIpc) is 2.73. The Kier molecular flexibility index (Phi) is 6.07. The lowest BCUT2D eigenvalue weighted by Crippen LogP contribution is -2.15. The number of nitro benzene ring substituents is 1. The van der Waals surface area contributed by atoms with Crippen molar-refractivity contribution >= 4 is 33.4 Å². The van der Waals surface area contributed by atoms with E-state index in [4.69, 9.17) is 14.2 Å². The number of halogens is 1. The predicted molar refractivity (Wildman–Crippen MR) is 112 cm³/mol. The van der Waals surface area contributed by atoms with Crippen molar-refractivity contribution in [1.82, 2.24) is 0 Å². The van der Waals surface area contributed by atoms with Gasteiger partial charge in [-0.3, -0.25) is 10.1 Å². The van der Waals surface area contributed by atoms with Crippen LogP contribution in [-0.2, 0) is 6.42 Å². The first-order valence-corrected chi connectivity index (χ1v) is 9.43. The van der Waals surface area contributed by atoms with E-state index in [0.717, 1.165) is 16.7 Å². The molecule has 0 saturated heterocycles. The van der Waals surface area contributed by atoms with Crippen molar-refractivity contribution < 1.29 is 24.3 Å². The molecule has 0 aromatic heterocycles. The minimum Gasteiger partial charge on any atom is -0.493 e. The number of hydrogen-bond donors (Lipinski definition) is 1. The minimum absolute atomic E-state index is 0.0554. The van der Waals surface area contributed by atoms with Crippen molar-refractivity contribution in [2.45, 2.75) is 12.8 Å². The van der Waals surface area contributed by atoms with Crippen molar-refractivity contribution in [2.75, 3.05) is 21.3 Å². The van der Waals surface area contributed by atoms with Crippen molar-refractivity contribution in [3.63, 3.8) is 0 Å². The van der Waals surface area contributed by atoms with Gasteiger partial charge in [-0.2, -0.15) is 0 Å². The molecule has 2 aromatic rings.